The van der Waals surface area contributed by atoms with Crippen LogP contribution in [0, 0.1) is 10.1 Å². The third-order valence-corrected chi connectivity index (χ3v) is 4.07. The van der Waals surface area contributed by atoms with Gasteiger partial charge in [-0.15, -0.1) is 0 Å². The molecule has 0 saturated heterocycles. The Morgan fingerprint density at radius 1 is 1.15 bits per heavy atom. The second-order valence-electron chi connectivity index (χ2n) is 5.97. The van der Waals surface area contributed by atoms with E-state index in [9.17, 15) is 14.9 Å². The number of halogens is 1. The van der Waals surface area contributed by atoms with Gasteiger partial charge in [-0.2, -0.15) is 0 Å². The first-order valence-corrected chi connectivity index (χ1v) is 8.22. The van der Waals surface area contributed by atoms with Crippen LogP contribution in [0.15, 0.2) is 42.5 Å². The normalized spacial score (nSPS) is 10.3. The summed E-state index contributed by atoms with van der Waals surface area (Å²) in [4.78, 5) is 25.9. The first-order valence-electron chi connectivity index (χ1n) is 7.85. The lowest BCUT2D eigenvalue weighted by Crippen LogP contribution is -2.31. The Hall–Kier alpha value is -2.80. The molecule has 0 bridgehead atoms. The third kappa shape index (κ3) is 5.10. The molecule has 2 aromatic rings. The summed E-state index contributed by atoms with van der Waals surface area (Å²) in [6.45, 7) is 0.244. The maximum absolute atomic E-state index is 12.2. The number of anilines is 1. The van der Waals surface area contributed by atoms with E-state index in [1.165, 1.54) is 18.2 Å². The molecular formula is C18H20ClN3O4. The van der Waals surface area contributed by atoms with Gasteiger partial charge in [0.1, 0.15) is 5.75 Å². The first kappa shape index (κ1) is 19.5. The summed E-state index contributed by atoms with van der Waals surface area (Å²) in [6, 6.07) is 11.8. The predicted octanol–water partition coefficient (Wildman–Crippen LogP) is 3.35. The topological polar surface area (TPSA) is 75.9 Å². The number of likely N-dealkylation sites (N-methyl/N-ethyl adjacent to an activating group) is 1. The molecule has 0 heterocycles. The number of nitro groups is 1. The Bertz CT molecular complexity index is 794. The number of benzene rings is 2. The van der Waals surface area contributed by atoms with Crippen molar-refractivity contribution < 1.29 is 14.5 Å². The lowest BCUT2D eigenvalue weighted by atomic mass is 10.2. The van der Waals surface area contributed by atoms with Crippen molar-refractivity contribution in [1.82, 2.24) is 4.90 Å². The van der Waals surface area contributed by atoms with Gasteiger partial charge in [0.25, 0.3) is 11.6 Å². The minimum absolute atomic E-state index is 0.0916. The van der Waals surface area contributed by atoms with Crippen molar-refractivity contribution in [2.45, 2.75) is 6.54 Å². The summed E-state index contributed by atoms with van der Waals surface area (Å²) >= 11 is 5.95. The maximum atomic E-state index is 12.2. The number of amides is 1. The molecule has 0 aliphatic carbocycles. The SMILES string of the molecule is CN(Cc1ccc(N(C)C)cc1)C(=O)COc1ccc([N+](=O)[O-])cc1Cl. The van der Waals surface area contributed by atoms with E-state index in [0.29, 0.717) is 6.54 Å². The smallest absolute Gasteiger partial charge is 0.271 e. The highest BCUT2D eigenvalue weighted by molar-refractivity contribution is 6.32. The number of nitro benzene ring substituents is 1. The van der Waals surface area contributed by atoms with Crippen LogP contribution >= 0.6 is 11.6 Å². The van der Waals surface area contributed by atoms with E-state index in [2.05, 4.69) is 0 Å². The van der Waals surface area contributed by atoms with E-state index < -0.39 is 4.92 Å². The zero-order valence-electron chi connectivity index (χ0n) is 14.8. The molecule has 0 spiro atoms. The van der Waals surface area contributed by atoms with Gasteiger partial charge in [-0.05, 0) is 23.8 Å². The van der Waals surface area contributed by atoms with Crippen LogP contribution in [0.4, 0.5) is 11.4 Å². The molecule has 1 amide bonds. The zero-order chi connectivity index (χ0) is 19.3. The number of carbonyl (C=O) groups excluding carboxylic acids is 1. The molecule has 8 heteroatoms. The van der Waals surface area contributed by atoms with Crippen molar-refractivity contribution in [3.63, 3.8) is 0 Å². The Kier molecular flexibility index (Phi) is 6.41. The molecular weight excluding hydrogens is 358 g/mol. The van der Waals surface area contributed by atoms with Gasteiger partial charge in [0, 0.05) is 45.5 Å². The third-order valence-electron chi connectivity index (χ3n) is 3.78. The highest BCUT2D eigenvalue weighted by Gasteiger charge is 2.14. The largest absolute Gasteiger partial charge is 0.482 e. The average Bonchev–Trinajstić information content (AvgIpc) is 2.60. The second kappa shape index (κ2) is 8.53. The second-order valence-corrected chi connectivity index (χ2v) is 6.38. The molecule has 0 aromatic heterocycles. The number of non-ortho nitro benzene ring substituents is 1. The fourth-order valence-electron chi connectivity index (χ4n) is 2.23. The van der Waals surface area contributed by atoms with Gasteiger partial charge >= 0.3 is 0 Å². The summed E-state index contributed by atoms with van der Waals surface area (Å²) in [7, 11) is 5.61. The number of hydrogen-bond donors (Lipinski definition) is 0. The van der Waals surface area contributed by atoms with E-state index in [4.69, 9.17) is 16.3 Å². The van der Waals surface area contributed by atoms with Crippen molar-refractivity contribution >= 4 is 28.9 Å². The average molecular weight is 378 g/mol. The summed E-state index contributed by atoms with van der Waals surface area (Å²) < 4.78 is 5.39. The van der Waals surface area contributed by atoms with Crippen molar-refractivity contribution in [3.05, 3.63) is 63.2 Å². The molecule has 0 fully saturated rings. The molecule has 7 nitrogen and oxygen atoms in total. The van der Waals surface area contributed by atoms with Crippen LogP contribution in [0.1, 0.15) is 5.56 Å². The molecule has 2 rings (SSSR count). The lowest BCUT2D eigenvalue weighted by molar-refractivity contribution is -0.384. The molecule has 0 N–H and O–H groups in total. The van der Waals surface area contributed by atoms with Crippen LogP contribution in [0.2, 0.25) is 5.02 Å². The van der Waals surface area contributed by atoms with Gasteiger partial charge < -0.3 is 14.5 Å². The number of rotatable bonds is 7. The van der Waals surface area contributed by atoms with Gasteiger partial charge in [0.05, 0.1) is 9.95 Å². The Morgan fingerprint density at radius 2 is 1.81 bits per heavy atom. The van der Waals surface area contributed by atoms with E-state index >= 15 is 0 Å². The van der Waals surface area contributed by atoms with Gasteiger partial charge in [-0.3, -0.25) is 14.9 Å². The highest BCUT2D eigenvalue weighted by Crippen LogP contribution is 2.28. The van der Waals surface area contributed by atoms with Crippen LogP contribution < -0.4 is 9.64 Å². The fraction of sp³-hybridized carbons (Fsp3) is 0.278. The number of nitrogens with zero attached hydrogens (tertiary/aromatic N) is 3. The van der Waals surface area contributed by atoms with Crippen LogP contribution in [0.5, 0.6) is 5.75 Å². The molecule has 2 aromatic carbocycles. The van der Waals surface area contributed by atoms with Gasteiger partial charge in [0.2, 0.25) is 0 Å². The van der Waals surface area contributed by atoms with E-state index in [1.54, 1.807) is 11.9 Å². The van der Waals surface area contributed by atoms with E-state index in [1.807, 2.05) is 43.3 Å². The summed E-state index contributed by atoms with van der Waals surface area (Å²) in [5, 5.41) is 10.8. The van der Waals surface area contributed by atoms with Gasteiger partial charge in [0.15, 0.2) is 6.61 Å². The highest BCUT2D eigenvalue weighted by atomic mass is 35.5. The lowest BCUT2D eigenvalue weighted by Gasteiger charge is -2.19. The molecule has 0 atom stereocenters. The molecule has 0 unspecified atom stereocenters. The molecule has 26 heavy (non-hydrogen) atoms. The maximum Gasteiger partial charge on any atom is 0.271 e. The van der Waals surface area contributed by atoms with E-state index in [0.717, 1.165) is 11.3 Å². The molecule has 0 aliphatic rings. The number of carbonyl (C=O) groups is 1. The molecule has 0 radical (unpaired) electrons. The fourth-order valence-corrected chi connectivity index (χ4v) is 2.46. The quantitative estimate of drug-likeness (QED) is 0.546. The van der Waals surface area contributed by atoms with Crippen molar-refractivity contribution in [3.8, 4) is 5.75 Å². The summed E-state index contributed by atoms with van der Waals surface area (Å²) in [5.74, 6) is 0.00505. The van der Waals surface area contributed by atoms with Crippen LogP contribution in [0.3, 0.4) is 0 Å². The number of ether oxygens (including phenoxy) is 1. The molecule has 138 valence electrons. The van der Waals surface area contributed by atoms with Crippen molar-refractivity contribution in [1.29, 1.82) is 0 Å². The Morgan fingerprint density at radius 3 is 2.35 bits per heavy atom. The number of hydrogen-bond acceptors (Lipinski definition) is 5. The minimum Gasteiger partial charge on any atom is -0.482 e. The van der Waals surface area contributed by atoms with E-state index in [-0.39, 0.29) is 29.0 Å². The minimum atomic E-state index is -0.545. The Balaban J connectivity index is 1.92. The van der Waals surface area contributed by atoms with Gasteiger partial charge in [-0.1, -0.05) is 23.7 Å². The standard InChI is InChI=1S/C18H20ClN3O4/c1-20(2)14-6-4-13(5-7-14)11-21(3)18(23)12-26-17-9-8-15(22(24)25)10-16(17)19/h4-10H,11-12H2,1-3H3. The zero-order valence-corrected chi connectivity index (χ0v) is 15.6. The van der Waals surface area contributed by atoms with Crippen LogP contribution in [0.25, 0.3) is 0 Å². The van der Waals surface area contributed by atoms with Crippen molar-refractivity contribution in [2.75, 3.05) is 32.6 Å². The van der Waals surface area contributed by atoms with Gasteiger partial charge in [-0.25, -0.2) is 0 Å². The van der Waals surface area contributed by atoms with Crippen LogP contribution in [-0.2, 0) is 11.3 Å². The first-order chi connectivity index (χ1) is 12.3. The monoisotopic (exact) mass is 377 g/mol. The van der Waals surface area contributed by atoms with Crippen LogP contribution in [-0.4, -0.2) is 43.5 Å². The van der Waals surface area contributed by atoms with Crippen molar-refractivity contribution in [2.24, 2.45) is 0 Å². The summed E-state index contributed by atoms with van der Waals surface area (Å²) in [5.41, 5.74) is 1.95. The Labute approximate surface area is 156 Å². The summed E-state index contributed by atoms with van der Waals surface area (Å²) in [6.07, 6.45) is 0. The molecule has 0 aliphatic heterocycles. The predicted molar refractivity (Wildman–Crippen MR) is 101 cm³/mol. The molecule has 0 saturated carbocycles.